The van der Waals surface area contributed by atoms with E-state index in [0.717, 1.165) is 0 Å². The first-order valence-electron chi connectivity index (χ1n) is 8.29. The monoisotopic (exact) mass is 366 g/mol. The van der Waals surface area contributed by atoms with Crippen molar-refractivity contribution in [1.29, 1.82) is 0 Å². The van der Waals surface area contributed by atoms with Gasteiger partial charge in [-0.25, -0.2) is 0 Å². The zero-order chi connectivity index (χ0) is 19.1. The van der Waals surface area contributed by atoms with Gasteiger partial charge in [-0.2, -0.15) is 0 Å². The number of ether oxygens (including phenoxy) is 4. The molecule has 26 heavy (non-hydrogen) atoms. The summed E-state index contributed by atoms with van der Waals surface area (Å²) in [7, 11) is 0. The molecule has 2 unspecified atom stereocenters. The van der Waals surface area contributed by atoms with Crippen molar-refractivity contribution in [2.24, 2.45) is 0 Å². The number of rotatable bonds is 4. The Bertz CT molecular complexity index is 676. The minimum absolute atomic E-state index is 0.0868. The second-order valence-electron chi connectivity index (χ2n) is 7.08. The maximum atomic E-state index is 13.1. The molecule has 2 aliphatic rings. The van der Waals surface area contributed by atoms with Crippen molar-refractivity contribution >= 4 is 11.6 Å². The summed E-state index contributed by atoms with van der Waals surface area (Å²) in [6.07, 6.45) is -1.31. The summed E-state index contributed by atoms with van der Waals surface area (Å²) in [5, 5.41) is 10.8. The SMILES string of the molecule is CC1(C)OCC(N(C(=O)c2ccc([N+](=O)[O-])cc2)C2COC(C)(C)O2)O1. The van der Waals surface area contributed by atoms with Crippen LogP contribution in [0.1, 0.15) is 38.1 Å². The Balaban J connectivity index is 1.87. The second-order valence-corrected chi connectivity index (χ2v) is 7.08. The molecule has 0 bridgehead atoms. The number of carbonyl (C=O) groups is 1. The van der Waals surface area contributed by atoms with E-state index < -0.39 is 29.0 Å². The van der Waals surface area contributed by atoms with Gasteiger partial charge < -0.3 is 18.9 Å². The van der Waals surface area contributed by atoms with Crippen LogP contribution in [0.5, 0.6) is 0 Å². The van der Waals surface area contributed by atoms with Gasteiger partial charge in [-0.3, -0.25) is 19.8 Å². The number of nitro groups is 1. The van der Waals surface area contributed by atoms with Crippen molar-refractivity contribution in [2.75, 3.05) is 13.2 Å². The third kappa shape index (κ3) is 3.85. The lowest BCUT2D eigenvalue weighted by Gasteiger charge is -2.33. The van der Waals surface area contributed by atoms with Gasteiger partial charge in [-0.05, 0) is 39.8 Å². The van der Waals surface area contributed by atoms with Gasteiger partial charge in [0, 0.05) is 17.7 Å². The third-order valence-electron chi connectivity index (χ3n) is 4.17. The Kier molecular flexibility index (Phi) is 4.74. The standard InChI is InChI=1S/C17H22N2O7/c1-16(2)23-9-13(25-16)18(14-10-24-17(3,4)26-14)15(20)11-5-7-12(8-6-11)19(21)22/h5-8,13-14H,9-10H2,1-4H3. The first-order valence-corrected chi connectivity index (χ1v) is 8.29. The molecule has 2 saturated heterocycles. The Hall–Kier alpha value is -2.07. The number of nitro benzene ring substituents is 1. The summed E-state index contributed by atoms with van der Waals surface area (Å²) in [6, 6.07) is 5.40. The highest BCUT2D eigenvalue weighted by molar-refractivity contribution is 5.94. The molecule has 1 amide bonds. The summed E-state index contributed by atoms with van der Waals surface area (Å²) < 4.78 is 22.8. The number of hydrogen-bond acceptors (Lipinski definition) is 7. The number of hydrogen-bond donors (Lipinski definition) is 0. The first kappa shape index (κ1) is 18.7. The Morgan fingerprint density at radius 3 is 1.85 bits per heavy atom. The summed E-state index contributed by atoms with van der Waals surface area (Å²) in [6.45, 7) is 7.42. The van der Waals surface area contributed by atoms with Crippen molar-refractivity contribution in [1.82, 2.24) is 4.90 Å². The molecule has 9 heteroatoms. The highest BCUT2D eigenvalue weighted by Crippen LogP contribution is 2.32. The van der Waals surface area contributed by atoms with E-state index in [4.69, 9.17) is 18.9 Å². The van der Waals surface area contributed by atoms with Crippen LogP contribution >= 0.6 is 0 Å². The Morgan fingerprint density at radius 1 is 1.04 bits per heavy atom. The fourth-order valence-corrected chi connectivity index (χ4v) is 2.93. The molecule has 0 aromatic heterocycles. The van der Waals surface area contributed by atoms with E-state index >= 15 is 0 Å². The van der Waals surface area contributed by atoms with Crippen LogP contribution in [0.15, 0.2) is 24.3 Å². The van der Waals surface area contributed by atoms with E-state index in [1.54, 1.807) is 27.7 Å². The molecule has 2 atom stereocenters. The van der Waals surface area contributed by atoms with Gasteiger partial charge in [-0.1, -0.05) is 0 Å². The highest BCUT2D eigenvalue weighted by atomic mass is 16.8. The van der Waals surface area contributed by atoms with Gasteiger partial charge in [0.05, 0.1) is 18.1 Å². The maximum absolute atomic E-state index is 13.1. The molecule has 9 nitrogen and oxygen atoms in total. The van der Waals surface area contributed by atoms with Crippen molar-refractivity contribution in [3.05, 3.63) is 39.9 Å². The van der Waals surface area contributed by atoms with Gasteiger partial charge in [0.1, 0.15) is 0 Å². The van der Waals surface area contributed by atoms with E-state index in [-0.39, 0.29) is 30.4 Å². The van der Waals surface area contributed by atoms with Crippen LogP contribution in [0.25, 0.3) is 0 Å². The molecular weight excluding hydrogens is 344 g/mol. The molecule has 1 aromatic rings. The summed E-state index contributed by atoms with van der Waals surface area (Å²) >= 11 is 0. The van der Waals surface area contributed by atoms with Gasteiger partial charge in [0.25, 0.3) is 11.6 Å². The number of benzene rings is 1. The van der Waals surface area contributed by atoms with Crippen LogP contribution in [-0.2, 0) is 18.9 Å². The lowest BCUT2D eigenvalue weighted by molar-refractivity contribution is -0.384. The molecule has 2 heterocycles. The van der Waals surface area contributed by atoms with Crippen molar-refractivity contribution in [3.8, 4) is 0 Å². The van der Waals surface area contributed by atoms with E-state index in [1.165, 1.54) is 29.2 Å². The predicted molar refractivity (Wildman–Crippen MR) is 89.1 cm³/mol. The number of nitrogens with zero attached hydrogens (tertiary/aromatic N) is 2. The highest BCUT2D eigenvalue weighted by Gasteiger charge is 2.46. The van der Waals surface area contributed by atoms with E-state index in [2.05, 4.69) is 0 Å². The average Bonchev–Trinajstić information content (AvgIpc) is 3.09. The molecule has 142 valence electrons. The van der Waals surface area contributed by atoms with Gasteiger partial charge in [0.2, 0.25) is 0 Å². The normalized spacial score (nSPS) is 26.6. The number of non-ortho nitro benzene ring substituents is 1. The molecule has 0 N–H and O–H groups in total. The minimum atomic E-state index is -0.826. The largest absolute Gasteiger partial charge is 0.346 e. The molecule has 0 spiro atoms. The zero-order valence-corrected chi connectivity index (χ0v) is 15.1. The minimum Gasteiger partial charge on any atom is -0.346 e. The van der Waals surface area contributed by atoms with Gasteiger partial charge >= 0.3 is 0 Å². The van der Waals surface area contributed by atoms with Crippen LogP contribution in [0.4, 0.5) is 5.69 Å². The molecule has 2 aliphatic heterocycles. The lowest BCUT2D eigenvalue weighted by Crippen LogP contribution is -2.50. The predicted octanol–water partition coefficient (Wildman–Crippen LogP) is 2.25. The van der Waals surface area contributed by atoms with Crippen molar-refractivity contribution < 1.29 is 28.7 Å². The van der Waals surface area contributed by atoms with Crippen LogP contribution in [0.3, 0.4) is 0 Å². The van der Waals surface area contributed by atoms with Gasteiger partial charge in [0.15, 0.2) is 24.0 Å². The molecule has 0 aliphatic carbocycles. The summed E-state index contributed by atoms with van der Waals surface area (Å²) in [4.78, 5) is 24.8. The van der Waals surface area contributed by atoms with Crippen LogP contribution < -0.4 is 0 Å². The average molecular weight is 366 g/mol. The summed E-state index contributed by atoms with van der Waals surface area (Å²) in [5.74, 6) is -2.03. The first-order chi connectivity index (χ1) is 12.1. The zero-order valence-electron chi connectivity index (χ0n) is 15.1. The van der Waals surface area contributed by atoms with E-state index in [0.29, 0.717) is 0 Å². The van der Waals surface area contributed by atoms with Crippen LogP contribution in [0, 0.1) is 10.1 Å². The fraction of sp³-hybridized carbons (Fsp3) is 0.588. The van der Waals surface area contributed by atoms with Gasteiger partial charge in [-0.15, -0.1) is 0 Å². The number of carbonyl (C=O) groups excluding carboxylic acids is 1. The molecule has 2 fully saturated rings. The summed E-state index contributed by atoms with van der Waals surface area (Å²) in [5.41, 5.74) is 0.202. The quantitative estimate of drug-likeness (QED) is 0.595. The molecule has 0 radical (unpaired) electrons. The number of amides is 1. The molecule has 0 saturated carbocycles. The molecular formula is C17H22N2O7. The maximum Gasteiger partial charge on any atom is 0.269 e. The van der Waals surface area contributed by atoms with Crippen molar-refractivity contribution in [3.63, 3.8) is 0 Å². The smallest absolute Gasteiger partial charge is 0.269 e. The second kappa shape index (κ2) is 6.58. The van der Waals surface area contributed by atoms with Crippen molar-refractivity contribution in [2.45, 2.75) is 51.7 Å². The van der Waals surface area contributed by atoms with E-state index in [9.17, 15) is 14.9 Å². The van der Waals surface area contributed by atoms with Crippen LogP contribution in [-0.4, -0.2) is 53.0 Å². The molecule has 3 rings (SSSR count). The Morgan fingerprint density at radius 2 is 1.50 bits per heavy atom. The fourth-order valence-electron chi connectivity index (χ4n) is 2.93. The Labute approximate surface area is 150 Å². The van der Waals surface area contributed by atoms with Crippen LogP contribution in [0.2, 0.25) is 0 Å². The van der Waals surface area contributed by atoms with E-state index in [1.807, 2.05) is 0 Å². The third-order valence-corrected chi connectivity index (χ3v) is 4.17. The lowest BCUT2D eigenvalue weighted by atomic mass is 10.1. The molecule has 1 aromatic carbocycles. The topological polar surface area (TPSA) is 100 Å².